The van der Waals surface area contributed by atoms with Crippen LogP contribution in [0.5, 0.6) is 5.75 Å². The summed E-state index contributed by atoms with van der Waals surface area (Å²) in [6.07, 6.45) is 2.04. The van der Waals surface area contributed by atoms with Gasteiger partial charge < -0.3 is 10.1 Å². The van der Waals surface area contributed by atoms with E-state index in [2.05, 4.69) is 48.3 Å². The highest BCUT2D eigenvalue weighted by atomic mass is 16.5. The number of para-hydroxylation sites is 1. The molecule has 0 saturated carbocycles. The quantitative estimate of drug-likeness (QED) is 0.694. The Hall–Kier alpha value is -2.66. The molecule has 1 aliphatic heterocycles. The summed E-state index contributed by atoms with van der Waals surface area (Å²) in [6.45, 7) is 8.30. The minimum Gasteiger partial charge on any atom is -0.483 e. The summed E-state index contributed by atoms with van der Waals surface area (Å²) >= 11 is 0. The Kier molecular flexibility index (Phi) is 7.42. The fraction of sp³-hybridized carbons (Fsp3) is 0.417. The topological polar surface area (TPSA) is 58.6 Å². The third kappa shape index (κ3) is 6.43. The molecule has 1 N–H and O–H groups in total. The molecule has 5 heteroatoms. The van der Waals surface area contributed by atoms with Gasteiger partial charge in [-0.3, -0.25) is 14.5 Å². The van der Waals surface area contributed by atoms with Crippen LogP contribution in [0.2, 0.25) is 0 Å². The molecule has 3 rings (SSSR count). The van der Waals surface area contributed by atoms with Crippen molar-refractivity contribution in [2.24, 2.45) is 11.8 Å². The van der Waals surface area contributed by atoms with Crippen LogP contribution in [-0.4, -0.2) is 36.8 Å². The zero-order valence-electron chi connectivity index (χ0n) is 17.3. The molecule has 0 aromatic heterocycles. The number of carbonyl (C=O) groups excluding carboxylic acids is 2. The van der Waals surface area contributed by atoms with Gasteiger partial charge in [-0.2, -0.15) is 0 Å². The second-order valence-electron chi connectivity index (χ2n) is 8.18. The summed E-state index contributed by atoms with van der Waals surface area (Å²) < 4.78 is 5.45. The molecule has 0 bridgehead atoms. The maximum atomic E-state index is 12.0. The number of nitrogens with zero attached hydrogens (tertiary/aromatic N) is 1. The van der Waals surface area contributed by atoms with E-state index in [1.807, 2.05) is 0 Å². The molecule has 0 aliphatic carbocycles. The Morgan fingerprint density at radius 3 is 2.41 bits per heavy atom. The van der Waals surface area contributed by atoms with Crippen LogP contribution in [0.3, 0.4) is 0 Å². The highest BCUT2D eigenvalue weighted by Gasteiger charge is 2.21. The van der Waals surface area contributed by atoms with Crippen LogP contribution in [0.4, 0.5) is 0 Å². The van der Waals surface area contributed by atoms with E-state index < -0.39 is 0 Å². The molecular formula is C24H30N2O3. The van der Waals surface area contributed by atoms with Crippen molar-refractivity contribution in [1.29, 1.82) is 0 Å². The standard InChI is InChI=1S/C24H30N2O3/c1-18-11-19(2)14-26(13-18)15-21-9-7-20(8-10-21)12-25-24(28)17-29-23-6-4-3-5-22(23)16-27/h3-10,16,18-19H,11-15,17H2,1-2H3,(H,25,28). The molecule has 5 nitrogen and oxygen atoms in total. The third-order valence-corrected chi connectivity index (χ3v) is 5.27. The van der Waals surface area contributed by atoms with Gasteiger partial charge >= 0.3 is 0 Å². The normalized spacial score (nSPS) is 19.5. The molecule has 154 valence electrons. The SMILES string of the molecule is CC1CC(C)CN(Cc2ccc(CNC(=O)COc3ccccc3C=O)cc2)C1. The van der Waals surface area contributed by atoms with Gasteiger partial charge in [0, 0.05) is 26.2 Å². The molecule has 2 aromatic carbocycles. The highest BCUT2D eigenvalue weighted by molar-refractivity contribution is 5.80. The van der Waals surface area contributed by atoms with Gasteiger partial charge in [0.25, 0.3) is 5.91 Å². The first-order chi connectivity index (χ1) is 14.0. The lowest BCUT2D eigenvalue weighted by Gasteiger charge is -2.35. The number of ether oxygens (including phenoxy) is 1. The Morgan fingerprint density at radius 1 is 1.07 bits per heavy atom. The largest absolute Gasteiger partial charge is 0.483 e. The van der Waals surface area contributed by atoms with E-state index in [0.29, 0.717) is 17.9 Å². The van der Waals surface area contributed by atoms with E-state index in [1.54, 1.807) is 24.3 Å². The highest BCUT2D eigenvalue weighted by Crippen LogP contribution is 2.22. The van der Waals surface area contributed by atoms with E-state index in [1.165, 1.54) is 12.0 Å². The number of nitrogens with one attached hydrogen (secondary N) is 1. The molecule has 0 radical (unpaired) electrons. The maximum absolute atomic E-state index is 12.0. The number of hydrogen-bond donors (Lipinski definition) is 1. The van der Waals surface area contributed by atoms with E-state index >= 15 is 0 Å². The molecule has 1 heterocycles. The summed E-state index contributed by atoms with van der Waals surface area (Å²) in [5.74, 6) is 1.72. The average Bonchev–Trinajstić information content (AvgIpc) is 2.71. The number of hydrogen-bond acceptors (Lipinski definition) is 4. The van der Waals surface area contributed by atoms with Gasteiger partial charge in [-0.25, -0.2) is 0 Å². The van der Waals surface area contributed by atoms with Crippen molar-refractivity contribution in [3.8, 4) is 5.75 Å². The van der Waals surface area contributed by atoms with Gasteiger partial charge in [-0.15, -0.1) is 0 Å². The lowest BCUT2D eigenvalue weighted by atomic mass is 9.91. The summed E-state index contributed by atoms with van der Waals surface area (Å²) in [5, 5.41) is 2.86. The number of benzene rings is 2. The van der Waals surface area contributed by atoms with Crippen molar-refractivity contribution in [2.45, 2.75) is 33.4 Å². The first-order valence-corrected chi connectivity index (χ1v) is 10.3. The predicted molar refractivity (Wildman–Crippen MR) is 114 cm³/mol. The number of rotatable bonds is 8. The van der Waals surface area contributed by atoms with E-state index in [0.717, 1.165) is 43.3 Å². The lowest BCUT2D eigenvalue weighted by molar-refractivity contribution is -0.123. The smallest absolute Gasteiger partial charge is 0.258 e. The molecule has 1 fully saturated rings. The minimum absolute atomic E-state index is 0.117. The van der Waals surface area contributed by atoms with Crippen molar-refractivity contribution in [3.63, 3.8) is 0 Å². The van der Waals surface area contributed by atoms with Crippen LogP contribution >= 0.6 is 0 Å². The van der Waals surface area contributed by atoms with Gasteiger partial charge in [-0.1, -0.05) is 50.2 Å². The van der Waals surface area contributed by atoms with Crippen LogP contribution < -0.4 is 10.1 Å². The van der Waals surface area contributed by atoms with Gasteiger partial charge in [0.1, 0.15) is 5.75 Å². The summed E-state index contributed by atoms with van der Waals surface area (Å²) in [4.78, 5) is 25.6. The Bertz CT molecular complexity index is 809. The van der Waals surface area contributed by atoms with Crippen LogP contribution in [0, 0.1) is 11.8 Å². The molecule has 29 heavy (non-hydrogen) atoms. The summed E-state index contributed by atoms with van der Waals surface area (Å²) in [7, 11) is 0. The van der Waals surface area contributed by atoms with Gasteiger partial charge in [0.15, 0.2) is 12.9 Å². The minimum atomic E-state index is -0.217. The first kappa shape index (κ1) is 21.1. The van der Waals surface area contributed by atoms with Crippen molar-refractivity contribution in [2.75, 3.05) is 19.7 Å². The molecule has 0 spiro atoms. The average molecular weight is 395 g/mol. The molecular weight excluding hydrogens is 364 g/mol. The molecule has 2 atom stereocenters. The van der Waals surface area contributed by atoms with Gasteiger partial charge in [-0.05, 0) is 41.5 Å². The van der Waals surface area contributed by atoms with E-state index in [9.17, 15) is 9.59 Å². The van der Waals surface area contributed by atoms with Crippen LogP contribution in [0.25, 0.3) is 0 Å². The fourth-order valence-electron chi connectivity index (χ4n) is 4.05. The second-order valence-corrected chi connectivity index (χ2v) is 8.18. The Labute approximate surface area is 173 Å². The molecule has 1 amide bonds. The second kappa shape index (κ2) is 10.2. The van der Waals surface area contributed by atoms with Gasteiger partial charge in [0.2, 0.25) is 0 Å². The zero-order valence-corrected chi connectivity index (χ0v) is 17.3. The molecule has 2 unspecified atom stereocenters. The van der Waals surface area contributed by atoms with Crippen LogP contribution in [0.15, 0.2) is 48.5 Å². The number of piperidine rings is 1. The van der Waals surface area contributed by atoms with Crippen molar-refractivity contribution in [3.05, 3.63) is 65.2 Å². The fourth-order valence-corrected chi connectivity index (χ4v) is 4.05. The van der Waals surface area contributed by atoms with Crippen LogP contribution in [-0.2, 0) is 17.9 Å². The van der Waals surface area contributed by atoms with Gasteiger partial charge in [0.05, 0.1) is 5.56 Å². The van der Waals surface area contributed by atoms with Crippen LogP contribution in [0.1, 0.15) is 41.8 Å². The predicted octanol–water partition coefficient (Wildman–Crippen LogP) is 3.67. The summed E-state index contributed by atoms with van der Waals surface area (Å²) in [5.41, 5.74) is 2.79. The number of carbonyl (C=O) groups is 2. The number of aldehydes is 1. The number of amides is 1. The van der Waals surface area contributed by atoms with E-state index in [4.69, 9.17) is 4.74 Å². The molecule has 1 saturated heterocycles. The third-order valence-electron chi connectivity index (χ3n) is 5.27. The molecule has 1 aliphatic rings. The van der Waals surface area contributed by atoms with E-state index in [-0.39, 0.29) is 12.5 Å². The first-order valence-electron chi connectivity index (χ1n) is 10.3. The van der Waals surface area contributed by atoms with Crippen molar-refractivity contribution in [1.82, 2.24) is 10.2 Å². The monoisotopic (exact) mass is 394 g/mol. The maximum Gasteiger partial charge on any atom is 0.258 e. The van der Waals surface area contributed by atoms with Crippen molar-refractivity contribution >= 4 is 12.2 Å². The van der Waals surface area contributed by atoms with Crippen molar-refractivity contribution < 1.29 is 14.3 Å². The zero-order chi connectivity index (χ0) is 20.6. The number of likely N-dealkylation sites (tertiary alicyclic amines) is 1. The lowest BCUT2D eigenvalue weighted by Crippen LogP contribution is -2.38. The Morgan fingerprint density at radius 2 is 1.72 bits per heavy atom. The Balaban J connectivity index is 1.43. The molecule has 2 aromatic rings. The summed E-state index contributed by atoms with van der Waals surface area (Å²) in [6, 6.07) is 15.3.